The number of methoxy groups -OCH3 is 1. The summed E-state index contributed by atoms with van der Waals surface area (Å²) in [5, 5.41) is 10.4. The maximum atomic E-state index is 6.28. The Kier molecular flexibility index (Phi) is 7.11. The van der Waals surface area contributed by atoms with Gasteiger partial charge in [-0.3, -0.25) is 4.99 Å². The molecule has 2 N–H and O–H groups in total. The molecule has 1 fully saturated rings. The van der Waals surface area contributed by atoms with Crippen molar-refractivity contribution in [1.29, 1.82) is 0 Å². The minimum Gasteiger partial charge on any atom is -0.493 e. The largest absolute Gasteiger partial charge is 0.493 e. The third-order valence-electron chi connectivity index (χ3n) is 4.74. The average Bonchev–Trinajstić information content (AvgIpc) is 3.37. The van der Waals surface area contributed by atoms with Gasteiger partial charge in [0.2, 0.25) is 5.89 Å². The van der Waals surface area contributed by atoms with Crippen LogP contribution in [-0.4, -0.2) is 42.9 Å². The Bertz CT molecular complexity index is 784. The van der Waals surface area contributed by atoms with E-state index in [1.54, 1.807) is 21.1 Å². The normalized spacial score (nSPS) is 14.9. The summed E-state index contributed by atoms with van der Waals surface area (Å²) in [4.78, 5) is 8.47. The van der Waals surface area contributed by atoms with E-state index in [0.717, 1.165) is 29.9 Å². The minimum atomic E-state index is 0.269. The maximum Gasteiger partial charge on any atom is 0.228 e. The third kappa shape index (κ3) is 5.37. The van der Waals surface area contributed by atoms with Crippen LogP contribution in [0.4, 0.5) is 0 Å². The summed E-state index contributed by atoms with van der Waals surface area (Å²) in [5.74, 6) is 3.54. The molecule has 1 aliphatic carbocycles. The van der Waals surface area contributed by atoms with Crippen molar-refractivity contribution in [2.24, 2.45) is 4.99 Å². The summed E-state index contributed by atoms with van der Waals surface area (Å²) < 4.78 is 16.9. The molecule has 0 bridgehead atoms. The molecule has 1 heterocycles. The number of aliphatic imine (C=N–C) groups is 1. The molecule has 152 valence electrons. The zero-order valence-corrected chi connectivity index (χ0v) is 16.8. The Morgan fingerprint density at radius 2 is 2.11 bits per heavy atom. The van der Waals surface area contributed by atoms with E-state index in [2.05, 4.69) is 25.8 Å². The lowest BCUT2D eigenvalue weighted by atomic mass is 10.1. The van der Waals surface area contributed by atoms with Crippen molar-refractivity contribution >= 4 is 5.96 Å². The third-order valence-corrected chi connectivity index (χ3v) is 4.74. The van der Waals surface area contributed by atoms with Gasteiger partial charge in [0.05, 0.1) is 13.2 Å². The van der Waals surface area contributed by atoms with Crippen molar-refractivity contribution < 1.29 is 14.0 Å². The van der Waals surface area contributed by atoms with Crippen LogP contribution in [0, 0.1) is 6.92 Å². The molecule has 1 aliphatic rings. The number of aromatic nitrogens is 2. The summed E-state index contributed by atoms with van der Waals surface area (Å²) in [6.45, 7) is 3.03. The molecule has 0 aliphatic heterocycles. The highest BCUT2D eigenvalue weighted by Crippen LogP contribution is 2.34. The molecule has 3 rings (SSSR count). The van der Waals surface area contributed by atoms with Crippen LogP contribution in [0.1, 0.15) is 43.0 Å². The molecular weight excluding hydrogens is 358 g/mol. The van der Waals surface area contributed by atoms with Gasteiger partial charge in [0, 0.05) is 32.1 Å². The van der Waals surface area contributed by atoms with Gasteiger partial charge in [-0.2, -0.15) is 4.98 Å². The van der Waals surface area contributed by atoms with Crippen LogP contribution in [0.25, 0.3) is 0 Å². The number of benzene rings is 1. The molecule has 0 unspecified atom stereocenters. The molecule has 8 nitrogen and oxygen atoms in total. The van der Waals surface area contributed by atoms with Crippen molar-refractivity contribution in [2.75, 3.05) is 20.7 Å². The highest BCUT2D eigenvalue weighted by atomic mass is 16.5. The second-order valence-corrected chi connectivity index (χ2v) is 6.81. The fraction of sp³-hybridized carbons (Fsp3) is 0.550. The van der Waals surface area contributed by atoms with Gasteiger partial charge in [-0.1, -0.05) is 17.3 Å². The Balaban J connectivity index is 1.57. The van der Waals surface area contributed by atoms with Gasteiger partial charge in [0.1, 0.15) is 0 Å². The lowest BCUT2D eigenvalue weighted by Crippen LogP contribution is -2.38. The standard InChI is InChI=1S/C20H29N5O3/c1-14-24-18(28-25-14)11-12-22-20(21-2)23-13-15-7-6-10-17(26-3)19(15)27-16-8-4-5-9-16/h6-7,10,16H,4-5,8-9,11-13H2,1-3H3,(H2,21,22,23). The van der Waals surface area contributed by atoms with Gasteiger partial charge in [0.25, 0.3) is 0 Å². The Morgan fingerprint density at radius 3 is 2.79 bits per heavy atom. The lowest BCUT2D eigenvalue weighted by molar-refractivity contribution is 0.198. The van der Waals surface area contributed by atoms with E-state index in [-0.39, 0.29) is 6.10 Å². The van der Waals surface area contributed by atoms with E-state index in [4.69, 9.17) is 14.0 Å². The second-order valence-electron chi connectivity index (χ2n) is 6.81. The van der Waals surface area contributed by atoms with Gasteiger partial charge in [0.15, 0.2) is 23.3 Å². The highest BCUT2D eigenvalue weighted by molar-refractivity contribution is 5.79. The molecule has 28 heavy (non-hydrogen) atoms. The molecule has 0 atom stereocenters. The Hall–Kier alpha value is -2.77. The summed E-state index contributed by atoms with van der Waals surface area (Å²) in [5.41, 5.74) is 1.04. The molecule has 1 saturated carbocycles. The van der Waals surface area contributed by atoms with Crippen molar-refractivity contribution in [1.82, 2.24) is 20.8 Å². The highest BCUT2D eigenvalue weighted by Gasteiger charge is 2.20. The average molecular weight is 387 g/mol. The molecule has 1 aromatic heterocycles. The van der Waals surface area contributed by atoms with E-state index >= 15 is 0 Å². The minimum absolute atomic E-state index is 0.269. The van der Waals surface area contributed by atoms with Crippen LogP contribution in [0.15, 0.2) is 27.7 Å². The fourth-order valence-electron chi connectivity index (χ4n) is 3.30. The number of guanidine groups is 1. The molecule has 0 amide bonds. The van der Waals surface area contributed by atoms with Gasteiger partial charge in [-0.15, -0.1) is 0 Å². The van der Waals surface area contributed by atoms with Crippen LogP contribution in [0.3, 0.4) is 0 Å². The zero-order valence-electron chi connectivity index (χ0n) is 16.8. The number of hydrogen-bond acceptors (Lipinski definition) is 6. The van der Waals surface area contributed by atoms with E-state index in [9.17, 15) is 0 Å². The second kappa shape index (κ2) is 9.96. The first-order chi connectivity index (χ1) is 13.7. The summed E-state index contributed by atoms with van der Waals surface area (Å²) in [6.07, 6.45) is 5.56. The number of rotatable bonds is 8. The van der Waals surface area contributed by atoms with Crippen LogP contribution in [0.2, 0.25) is 0 Å². The topological polar surface area (TPSA) is 93.8 Å². The molecule has 8 heteroatoms. The first kappa shape index (κ1) is 20.0. The number of para-hydroxylation sites is 1. The van der Waals surface area contributed by atoms with E-state index in [1.165, 1.54) is 12.8 Å². The van der Waals surface area contributed by atoms with Crippen LogP contribution in [-0.2, 0) is 13.0 Å². The van der Waals surface area contributed by atoms with E-state index < -0.39 is 0 Å². The molecule has 0 spiro atoms. The molecular formula is C20H29N5O3. The predicted octanol–water partition coefficient (Wildman–Crippen LogP) is 2.62. The summed E-state index contributed by atoms with van der Waals surface area (Å²) in [6, 6.07) is 5.97. The number of hydrogen-bond donors (Lipinski definition) is 2. The van der Waals surface area contributed by atoms with Crippen molar-refractivity contribution in [3.8, 4) is 11.5 Å². The van der Waals surface area contributed by atoms with Gasteiger partial charge >= 0.3 is 0 Å². The van der Waals surface area contributed by atoms with Crippen LogP contribution >= 0.6 is 0 Å². The summed E-state index contributed by atoms with van der Waals surface area (Å²) >= 11 is 0. The Labute approximate surface area is 165 Å². The van der Waals surface area contributed by atoms with E-state index in [0.29, 0.717) is 37.2 Å². The van der Waals surface area contributed by atoms with Crippen molar-refractivity contribution in [3.05, 3.63) is 35.5 Å². The quantitative estimate of drug-likeness (QED) is 0.531. The molecule has 2 aromatic rings. The molecule has 0 radical (unpaired) electrons. The number of nitrogens with zero attached hydrogens (tertiary/aromatic N) is 3. The van der Waals surface area contributed by atoms with Gasteiger partial charge < -0.3 is 24.6 Å². The van der Waals surface area contributed by atoms with E-state index in [1.807, 2.05) is 18.2 Å². The predicted molar refractivity (Wildman–Crippen MR) is 107 cm³/mol. The summed E-state index contributed by atoms with van der Waals surface area (Å²) in [7, 11) is 3.42. The number of ether oxygens (including phenoxy) is 2. The van der Waals surface area contributed by atoms with Crippen molar-refractivity contribution in [2.45, 2.75) is 51.7 Å². The smallest absolute Gasteiger partial charge is 0.228 e. The Morgan fingerprint density at radius 1 is 1.29 bits per heavy atom. The maximum absolute atomic E-state index is 6.28. The van der Waals surface area contributed by atoms with Crippen molar-refractivity contribution in [3.63, 3.8) is 0 Å². The first-order valence-corrected chi connectivity index (χ1v) is 9.76. The van der Waals surface area contributed by atoms with Crippen LogP contribution < -0.4 is 20.1 Å². The van der Waals surface area contributed by atoms with Gasteiger partial charge in [-0.25, -0.2) is 0 Å². The number of nitrogens with one attached hydrogen (secondary N) is 2. The zero-order chi connectivity index (χ0) is 19.8. The molecule has 0 saturated heterocycles. The lowest BCUT2D eigenvalue weighted by Gasteiger charge is -2.20. The fourth-order valence-corrected chi connectivity index (χ4v) is 3.30. The molecule has 1 aromatic carbocycles. The number of aryl methyl sites for hydroxylation is 1. The van der Waals surface area contributed by atoms with Gasteiger partial charge in [-0.05, 0) is 38.7 Å². The monoisotopic (exact) mass is 387 g/mol. The SMILES string of the molecule is CN=C(NCCc1nc(C)no1)NCc1cccc(OC)c1OC1CCCC1. The van der Waals surface area contributed by atoms with Crippen LogP contribution in [0.5, 0.6) is 11.5 Å². The first-order valence-electron chi connectivity index (χ1n) is 9.76.